The number of halogens is 4. The maximum absolute atomic E-state index is 15.2. The van der Waals surface area contributed by atoms with E-state index in [-0.39, 0.29) is 23.4 Å². The van der Waals surface area contributed by atoms with Crippen LogP contribution in [-0.2, 0) is 29.3 Å². The molecule has 4 rings (SSSR count). The lowest BCUT2D eigenvalue weighted by atomic mass is 9.97. The monoisotopic (exact) mass is 499 g/mol. The van der Waals surface area contributed by atoms with Crippen molar-refractivity contribution in [1.29, 1.82) is 0 Å². The van der Waals surface area contributed by atoms with E-state index in [0.717, 1.165) is 18.2 Å². The minimum absolute atomic E-state index is 0.0792. The topological polar surface area (TPSA) is 103 Å². The molecule has 0 aromatic carbocycles. The summed E-state index contributed by atoms with van der Waals surface area (Å²) in [5.74, 6) is -1.33. The number of hydrogen-bond acceptors (Lipinski definition) is 5. The Labute approximate surface area is 194 Å². The molecule has 3 heterocycles. The molecule has 12 heteroatoms. The molecule has 0 amide bonds. The van der Waals surface area contributed by atoms with Crippen LogP contribution >= 0.6 is 0 Å². The van der Waals surface area contributed by atoms with Crippen LogP contribution in [0.2, 0.25) is 0 Å². The second-order valence-corrected chi connectivity index (χ2v) is 11.8. The van der Waals surface area contributed by atoms with Crippen molar-refractivity contribution in [1.82, 2.24) is 19.3 Å². The molecule has 0 spiro atoms. The third kappa shape index (κ3) is 5.02. The van der Waals surface area contributed by atoms with Gasteiger partial charge in [-0.15, -0.1) is 0 Å². The van der Waals surface area contributed by atoms with E-state index in [1.807, 2.05) is 20.8 Å². The highest BCUT2D eigenvalue weighted by Gasteiger charge is 2.38. The second-order valence-electron chi connectivity index (χ2n) is 9.73. The van der Waals surface area contributed by atoms with Crippen LogP contribution < -0.4 is 10.5 Å². The van der Waals surface area contributed by atoms with Gasteiger partial charge in [0.2, 0.25) is 10.0 Å². The Morgan fingerprint density at radius 3 is 2.44 bits per heavy atom. The molecule has 3 aromatic rings. The number of fused-ring (bicyclic) bond motifs is 1. The third-order valence-electron chi connectivity index (χ3n) is 5.40. The predicted molar refractivity (Wildman–Crippen MR) is 121 cm³/mol. The van der Waals surface area contributed by atoms with E-state index in [1.54, 1.807) is 10.8 Å². The quantitative estimate of drug-likeness (QED) is 0.488. The standard InChI is InChI=1S/C22H25F4N5O2S/c1-21(2,3)11-31-10-12(9-28-34(32,33)13-4-5-13)15-8-16(23)18(30-20(15)31)14-6-7-17(27)29-19(14)22(24,25)26/h6-8,10,13,28H,4-5,9,11H2,1-3H3,(H2,27,29). The summed E-state index contributed by atoms with van der Waals surface area (Å²) in [5, 5.41) is -0.100. The number of pyridine rings is 2. The van der Waals surface area contributed by atoms with Crippen molar-refractivity contribution in [3.05, 3.63) is 41.5 Å². The fraction of sp³-hybridized carbons (Fsp3) is 0.455. The zero-order valence-electron chi connectivity index (χ0n) is 18.9. The molecule has 34 heavy (non-hydrogen) atoms. The molecule has 0 aliphatic heterocycles. The number of nitrogens with two attached hydrogens (primary N) is 1. The molecule has 1 aliphatic carbocycles. The lowest BCUT2D eigenvalue weighted by molar-refractivity contribution is -0.140. The van der Waals surface area contributed by atoms with E-state index < -0.39 is 44.2 Å². The molecule has 1 saturated carbocycles. The molecule has 0 radical (unpaired) electrons. The van der Waals surface area contributed by atoms with E-state index in [4.69, 9.17) is 5.73 Å². The van der Waals surface area contributed by atoms with Crippen molar-refractivity contribution in [2.24, 2.45) is 5.41 Å². The van der Waals surface area contributed by atoms with E-state index in [9.17, 15) is 21.6 Å². The van der Waals surface area contributed by atoms with Gasteiger partial charge in [0.05, 0.1) is 5.25 Å². The van der Waals surface area contributed by atoms with Crippen LogP contribution in [0.25, 0.3) is 22.3 Å². The molecule has 7 nitrogen and oxygen atoms in total. The summed E-state index contributed by atoms with van der Waals surface area (Å²) >= 11 is 0. The molecule has 1 aliphatic rings. The first-order chi connectivity index (χ1) is 15.7. The lowest BCUT2D eigenvalue weighted by Gasteiger charge is -2.19. The van der Waals surface area contributed by atoms with Gasteiger partial charge in [0.25, 0.3) is 0 Å². The first kappa shape index (κ1) is 24.4. The molecule has 3 aromatic heterocycles. The van der Waals surface area contributed by atoms with Crippen molar-refractivity contribution in [3.8, 4) is 11.3 Å². The molecule has 0 saturated heterocycles. The summed E-state index contributed by atoms with van der Waals surface area (Å²) in [4.78, 5) is 7.65. The molecule has 0 unspecified atom stereocenters. The van der Waals surface area contributed by atoms with E-state index in [1.165, 1.54) is 0 Å². The summed E-state index contributed by atoms with van der Waals surface area (Å²) in [5.41, 5.74) is 3.55. The van der Waals surface area contributed by atoms with Crippen molar-refractivity contribution < 1.29 is 26.0 Å². The maximum atomic E-state index is 15.2. The zero-order valence-corrected chi connectivity index (χ0v) is 19.7. The molecular weight excluding hydrogens is 474 g/mol. The molecule has 184 valence electrons. The molecule has 1 fully saturated rings. The van der Waals surface area contributed by atoms with Gasteiger partial charge in [-0.3, -0.25) is 0 Å². The van der Waals surface area contributed by atoms with Gasteiger partial charge in [0.15, 0.2) is 5.69 Å². The molecule has 0 bridgehead atoms. The summed E-state index contributed by atoms with van der Waals surface area (Å²) in [6, 6.07) is 3.29. The van der Waals surface area contributed by atoms with Gasteiger partial charge >= 0.3 is 6.18 Å². The van der Waals surface area contributed by atoms with Crippen LogP contribution in [0, 0.1) is 11.2 Å². The number of hydrogen-bond donors (Lipinski definition) is 2. The second kappa shape index (κ2) is 8.19. The first-order valence-electron chi connectivity index (χ1n) is 10.7. The average molecular weight is 500 g/mol. The van der Waals surface area contributed by atoms with Crippen molar-refractivity contribution in [2.75, 3.05) is 5.73 Å². The van der Waals surface area contributed by atoms with Crippen LogP contribution in [-0.4, -0.2) is 28.2 Å². The van der Waals surface area contributed by atoms with Gasteiger partial charge in [-0.25, -0.2) is 27.5 Å². The number of sulfonamides is 1. The summed E-state index contributed by atoms with van der Waals surface area (Å²) in [6.45, 7) is 6.23. The summed E-state index contributed by atoms with van der Waals surface area (Å²) in [6.07, 6.45) is -2.02. The normalized spacial score (nSPS) is 15.3. The van der Waals surface area contributed by atoms with E-state index >= 15 is 4.39 Å². The van der Waals surface area contributed by atoms with Gasteiger partial charge in [-0.2, -0.15) is 13.2 Å². The summed E-state index contributed by atoms with van der Waals surface area (Å²) < 4.78 is 84.8. The Kier molecular flexibility index (Phi) is 5.88. The number of nitrogens with zero attached hydrogens (tertiary/aromatic N) is 3. The number of aromatic nitrogens is 3. The molecule has 0 atom stereocenters. The smallest absolute Gasteiger partial charge is 0.384 e. The Hall–Kier alpha value is -2.73. The zero-order chi connectivity index (χ0) is 25.1. The lowest BCUT2D eigenvalue weighted by Crippen LogP contribution is -2.26. The fourth-order valence-electron chi connectivity index (χ4n) is 3.77. The highest BCUT2D eigenvalue weighted by atomic mass is 32.2. The predicted octanol–water partition coefficient (Wildman–Crippen LogP) is 4.47. The number of rotatable bonds is 6. The van der Waals surface area contributed by atoms with E-state index in [0.29, 0.717) is 30.3 Å². The number of anilines is 1. The Morgan fingerprint density at radius 2 is 1.85 bits per heavy atom. The number of nitrogen functional groups attached to an aromatic ring is 1. The van der Waals surface area contributed by atoms with Crippen molar-refractivity contribution >= 4 is 26.9 Å². The minimum Gasteiger partial charge on any atom is -0.384 e. The number of nitrogens with one attached hydrogen (secondary N) is 1. The number of alkyl halides is 3. The first-order valence-corrected chi connectivity index (χ1v) is 12.2. The highest BCUT2D eigenvalue weighted by Crippen LogP contribution is 2.38. The SMILES string of the molecule is CC(C)(C)Cn1cc(CNS(=O)(=O)C2CC2)c2cc(F)c(-c3ccc(N)nc3C(F)(F)F)nc21. The van der Waals surface area contributed by atoms with Gasteiger partial charge in [-0.1, -0.05) is 20.8 Å². The Morgan fingerprint density at radius 1 is 1.18 bits per heavy atom. The Balaban J connectivity index is 1.86. The third-order valence-corrected chi connectivity index (χ3v) is 7.29. The maximum Gasteiger partial charge on any atom is 0.434 e. The van der Waals surface area contributed by atoms with E-state index in [2.05, 4.69) is 14.7 Å². The van der Waals surface area contributed by atoms with Gasteiger partial charge in [0, 0.05) is 30.2 Å². The van der Waals surface area contributed by atoms with Crippen LogP contribution in [0.4, 0.5) is 23.4 Å². The fourth-order valence-corrected chi connectivity index (χ4v) is 5.12. The van der Waals surface area contributed by atoms with Crippen LogP contribution in [0.1, 0.15) is 44.9 Å². The summed E-state index contributed by atoms with van der Waals surface area (Å²) in [7, 11) is -3.49. The molecular formula is C22H25F4N5O2S. The average Bonchev–Trinajstić information content (AvgIpc) is 3.51. The molecule has 3 N–H and O–H groups in total. The Bertz CT molecular complexity index is 1360. The van der Waals surface area contributed by atoms with Gasteiger partial charge in [0.1, 0.15) is 23.0 Å². The van der Waals surface area contributed by atoms with Crippen LogP contribution in [0.3, 0.4) is 0 Å². The van der Waals surface area contributed by atoms with Crippen molar-refractivity contribution in [2.45, 2.75) is 58.1 Å². The minimum atomic E-state index is -4.87. The van der Waals surface area contributed by atoms with Gasteiger partial charge in [-0.05, 0) is 42.0 Å². The highest BCUT2D eigenvalue weighted by molar-refractivity contribution is 7.90. The van der Waals surface area contributed by atoms with Gasteiger partial charge < -0.3 is 10.3 Å². The largest absolute Gasteiger partial charge is 0.434 e. The van der Waals surface area contributed by atoms with Crippen LogP contribution in [0.5, 0.6) is 0 Å². The van der Waals surface area contributed by atoms with Crippen LogP contribution in [0.15, 0.2) is 24.4 Å². The van der Waals surface area contributed by atoms with Crippen molar-refractivity contribution in [3.63, 3.8) is 0 Å².